The molecule has 8 heteroatoms. The minimum absolute atomic E-state index is 0.0751. The van der Waals surface area contributed by atoms with Crippen LogP contribution in [0.25, 0.3) is 16.8 Å². The maximum atomic E-state index is 13.3. The van der Waals surface area contributed by atoms with E-state index < -0.39 is 0 Å². The number of benzene rings is 2. The minimum Gasteiger partial charge on any atom is -0.354 e. The van der Waals surface area contributed by atoms with Gasteiger partial charge in [-0.3, -0.25) is 4.79 Å². The van der Waals surface area contributed by atoms with Gasteiger partial charge in [-0.15, -0.1) is 11.8 Å². The van der Waals surface area contributed by atoms with Crippen LogP contribution in [0.4, 0.5) is 10.2 Å². The summed E-state index contributed by atoms with van der Waals surface area (Å²) in [6, 6.07) is 16.5. The molecule has 34 heavy (non-hydrogen) atoms. The monoisotopic (exact) mass is 475 g/mol. The van der Waals surface area contributed by atoms with Crippen molar-refractivity contribution in [3.05, 3.63) is 78.4 Å². The van der Waals surface area contributed by atoms with Gasteiger partial charge in [-0.1, -0.05) is 12.1 Å². The first-order chi connectivity index (χ1) is 16.6. The Morgan fingerprint density at radius 1 is 1.18 bits per heavy atom. The summed E-state index contributed by atoms with van der Waals surface area (Å²) in [6.45, 7) is 1.98. The van der Waals surface area contributed by atoms with Crippen LogP contribution in [0.15, 0.2) is 71.9 Å². The lowest BCUT2D eigenvalue weighted by molar-refractivity contribution is -0.125. The fourth-order valence-electron chi connectivity index (χ4n) is 4.37. The second-order valence-corrected chi connectivity index (χ2v) is 9.35. The average molecular weight is 476 g/mol. The molecule has 5 rings (SSSR count). The Morgan fingerprint density at radius 3 is 2.74 bits per heavy atom. The number of hydrogen-bond donors (Lipinski definition) is 1. The van der Waals surface area contributed by atoms with Crippen molar-refractivity contribution in [3.8, 4) is 11.3 Å². The molecule has 1 N–H and O–H groups in total. The quantitative estimate of drug-likeness (QED) is 0.406. The Hall–Kier alpha value is -3.39. The number of nitrogens with zero attached hydrogens (tertiary/aromatic N) is 4. The molecule has 0 radical (unpaired) electrons. The van der Waals surface area contributed by atoms with Gasteiger partial charge in [0.05, 0.1) is 11.6 Å². The van der Waals surface area contributed by atoms with Crippen LogP contribution < -0.4 is 10.2 Å². The summed E-state index contributed by atoms with van der Waals surface area (Å²) in [5, 5.41) is 7.75. The molecule has 2 aromatic carbocycles. The lowest BCUT2D eigenvalue weighted by atomic mass is 9.97. The first-order valence-electron chi connectivity index (χ1n) is 11.4. The van der Waals surface area contributed by atoms with E-state index in [1.807, 2.05) is 12.3 Å². The van der Waals surface area contributed by atoms with E-state index in [0.29, 0.717) is 13.1 Å². The Kier molecular flexibility index (Phi) is 6.49. The normalized spacial score (nSPS) is 16.1. The fraction of sp³-hybridized carbons (Fsp3) is 0.269. The van der Waals surface area contributed by atoms with Gasteiger partial charge in [0.15, 0.2) is 5.82 Å². The number of rotatable bonds is 6. The van der Waals surface area contributed by atoms with Gasteiger partial charge in [0.2, 0.25) is 5.91 Å². The van der Waals surface area contributed by atoms with E-state index in [1.54, 1.807) is 34.6 Å². The number of halogens is 1. The molecule has 1 atom stereocenters. The van der Waals surface area contributed by atoms with Crippen LogP contribution in [0, 0.1) is 11.7 Å². The SMILES string of the molecule is CSc1ccc(CNC(=O)[C@H]2CCCN(c3nccn4nc(-c5ccc(F)cc5)cc34)C2)cc1. The maximum Gasteiger partial charge on any atom is 0.225 e. The van der Waals surface area contributed by atoms with Crippen LogP contribution in [-0.2, 0) is 11.3 Å². The van der Waals surface area contributed by atoms with Crippen LogP contribution >= 0.6 is 11.8 Å². The van der Waals surface area contributed by atoms with E-state index >= 15 is 0 Å². The van der Waals surface area contributed by atoms with E-state index in [-0.39, 0.29) is 17.6 Å². The highest BCUT2D eigenvalue weighted by Crippen LogP contribution is 2.28. The third-order valence-electron chi connectivity index (χ3n) is 6.23. The highest BCUT2D eigenvalue weighted by molar-refractivity contribution is 7.98. The highest BCUT2D eigenvalue weighted by atomic mass is 32.2. The number of thioether (sulfide) groups is 1. The molecular weight excluding hydrogens is 449 g/mol. The summed E-state index contributed by atoms with van der Waals surface area (Å²) in [4.78, 5) is 21.0. The minimum atomic E-state index is -0.274. The van der Waals surface area contributed by atoms with Crippen LogP contribution in [0.5, 0.6) is 0 Å². The number of carbonyl (C=O) groups excluding carboxylic acids is 1. The van der Waals surface area contributed by atoms with E-state index in [9.17, 15) is 9.18 Å². The van der Waals surface area contributed by atoms with E-state index in [0.717, 1.165) is 47.5 Å². The predicted molar refractivity (Wildman–Crippen MR) is 133 cm³/mol. The van der Waals surface area contributed by atoms with Gasteiger partial charge in [0, 0.05) is 42.5 Å². The molecule has 4 aromatic rings. The molecule has 1 aliphatic heterocycles. The molecule has 0 spiro atoms. The van der Waals surface area contributed by atoms with Crippen molar-refractivity contribution < 1.29 is 9.18 Å². The van der Waals surface area contributed by atoms with Crippen LogP contribution in [0.1, 0.15) is 18.4 Å². The van der Waals surface area contributed by atoms with Crippen molar-refractivity contribution in [2.75, 3.05) is 24.2 Å². The van der Waals surface area contributed by atoms with Crippen molar-refractivity contribution in [2.24, 2.45) is 5.92 Å². The van der Waals surface area contributed by atoms with Crippen LogP contribution in [0.2, 0.25) is 0 Å². The number of nitrogens with one attached hydrogen (secondary N) is 1. The molecule has 0 bridgehead atoms. The molecule has 174 valence electrons. The van der Waals surface area contributed by atoms with E-state index in [2.05, 4.69) is 50.8 Å². The molecule has 0 aliphatic carbocycles. The summed E-state index contributed by atoms with van der Waals surface area (Å²) in [6.07, 6.45) is 7.36. The number of amides is 1. The standard InChI is InChI=1S/C26H26FN5OS/c1-34-22-10-4-18(5-11-22)16-29-26(33)20-3-2-13-31(17-20)25-24-15-23(30-32(24)14-12-28-25)19-6-8-21(27)9-7-19/h4-12,14-15,20H,2-3,13,16-17H2,1H3,(H,29,33)/t20-/m0/s1. The topological polar surface area (TPSA) is 62.5 Å². The van der Waals surface area contributed by atoms with Crippen molar-refractivity contribution in [1.82, 2.24) is 19.9 Å². The van der Waals surface area contributed by atoms with Crippen molar-refractivity contribution >= 4 is 29.0 Å². The maximum absolute atomic E-state index is 13.3. The average Bonchev–Trinajstić information content (AvgIpc) is 3.32. The zero-order chi connectivity index (χ0) is 23.5. The molecule has 6 nitrogen and oxygen atoms in total. The first-order valence-corrected chi connectivity index (χ1v) is 12.6. The molecule has 1 fully saturated rings. The molecule has 1 amide bonds. The van der Waals surface area contributed by atoms with Crippen molar-refractivity contribution in [2.45, 2.75) is 24.3 Å². The molecule has 1 saturated heterocycles. The summed E-state index contributed by atoms with van der Waals surface area (Å²) in [5.41, 5.74) is 3.57. The van der Waals surface area contributed by atoms with Crippen molar-refractivity contribution in [3.63, 3.8) is 0 Å². The van der Waals surface area contributed by atoms with Crippen molar-refractivity contribution in [1.29, 1.82) is 0 Å². The van der Waals surface area contributed by atoms with Crippen LogP contribution in [-0.4, -0.2) is 39.9 Å². The third-order valence-corrected chi connectivity index (χ3v) is 6.97. The number of aromatic nitrogens is 3. The zero-order valence-electron chi connectivity index (χ0n) is 18.9. The lowest BCUT2D eigenvalue weighted by Crippen LogP contribution is -2.43. The third kappa shape index (κ3) is 4.77. The molecule has 2 aromatic heterocycles. The highest BCUT2D eigenvalue weighted by Gasteiger charge is 2.27. The first kappa shape index (κ1) is 22.4. The van der Waals surface area contributed by atoms with Gasteiger partial charge >= 0.3 is 0 Å². The zero-order valence-corrected chi connectivity index (χ0v) is 19.8. The molecule has 3 heterocycles. The Balaban J connectivity index is 1.30. The predicted octanol–water partition coefficient (Wildman–Crippen LogP) is 4.79. The number of fused-ring (bicyclic) bond motifs is 1. The van der Waals surface area contributed by atoms with Crippen LogP contribution in [0.3, 0.4) is 0 Å². The number of carbonyl (C=O) groups is 1. The lowest BCUT2D eigenvalue weighted by Gasteiger charge is -2.33. The summed E-state index contributed by atoms with van der Waals surface area (Å²) < 4.78 is 15.1. The number of piperidine rings is 1. The molecular formula is C26H26FN5OS. The number of anilines is 1. The fourth-order valence-corrected chi connectivity index (χ4v) is 4.78. The summed E-state index contributed by atoms with van der Waals surface area (Å²) in [7, 11) is 0. The van der Waals surface area contributed by atoms with Gasteiger partial charge in [0.25, 0.3) is 0 Å². The van der Waals surface area contributed by atoms with Gasteiger partial charge in [-0.25, -0.2) is 13.9 Å². The second kappa shape index (κ2) is 9.85. The smallest absolute Gasteiger partial charge is 0.225 e. The molecule has 1 aliphatic rings. The van der Waals surface area contributed by atoms with Gasteiger partial charge in [-0.2, -0.15) is 5.10 Å². The van der Waals surface area contributed by atoms with E-state index in [1.165, 1.54) is 17.0 Å². The van der Waals surface area contributed by atoms with E-state index in [4.69, 9.17) is 0 Å². The summed E-state index contributed by atoms with van der Waals surface area (Å²) in [5.74, 6) is 0.518. The number of hydrogen-bond acceptors (Lipinski definition) is 5. The summed E-state index contributed by atoms with van der Waals surface area (Å²) >= 11 is 1.70. The van der Waals surface area contributed by atoms with Gasteiger partial charge in [0.1, 0.15) is 11.3 Å². The Labute approximate surface area is 202 Å². The Bertz CT molecular complexity index is 1290. The Morgan fingerprint density at radius 2 is 1.97 bits per heavy atom. The molecule has 0 unspecified atom stereocenters. The molecule has 0 saturated carbocycles. The second-order valence-electron chi connectivity index (χ2n) is 8.47. The largest absolute Gasteiger partial charge is 0.354 e. The van der Waals surface area contributed by atoms with Gasteiger partial charge in [-0.05, 0) is 67.1 Å². The van der Waals surface area contributed by atoms with Gasteiger partial charge < -0.3 is 10.2 Å².